The van der Waals surface area contributed by atoms with E-state index in [0.29, 0.717) is 13.0 Å². The van der Waals surface area contributed by atoms with Crippen molar-refractivity contribution in [1.29, 1.82) is 0 Å². The summed E-state index contributed by atoms with van der Waals surface area (Å²) in [6.07, 6.45) is 5.81. The molecule has 2 aliphatic rings. The fourth-order valence-electron chi connectivity index (χ4n) is 3.98. The lowest BCUT2D eigenvalue weighted by Crippen LogP contribution is -2.37. The summed E-state index contributed by atoms with van der Waals surface area (Å²) in [6, 6.07) is 8.22. The summed E-state index contributed by atoms with van der Waals surface area (Å²) < 4.78 is 6.01. The van der Waals surface area contributed by atoms with E-state index in [2.05, 4.69) is 22.3 Å². The van der Waals surface area contributed by atoms with Gasteiger partial charge >= 0.3 is 0 Å². The molecule has 0 bridgehead atoms. The molecule has 1 aliphatic heterocycles. The summed E-state index contributed by atoms with van der Waals surface area (Å²) in [5.74, 6) is -0.00852. The van der Waals surface area contributed by atoms with Crippen LogP contribution in [0.4, 0.5) is 0 Å². The lowest BCUT2D eigenvalue weighted by Gasteiger charge is -2.21. The van der Waals surface area contributed by atoms with Crippen LogP contribution in [0.1, 0.15) is 56.6 Å². The van der Waals surface area contributed by atoms with Crippen LogP contribution in [0.3, 0.4) is 0 Å². The smallest absolute Gasteiger partial charge is 0.249 e. The van der Waals surface area contributed by atoms with Gasteiger partial charge < -0.3 is 15.2 Å². The number of benzene rings is 1. The third-order valence-corrected chi connectivity index (χ3v) is 5.54. The van der Waals surface area contributed by atoms with Gasteiger partial charge in [0.2, 0.25) is 5.91 Å². The molecule has 0 spiro atoms. The first kappa shape index (κ1) is 19.3. The first-order chi connectivity index (χ1) is 12.7. The van der Waals surface area contributed by atoms with Gasteiger partial charge in [0.25, 0.3) is 0 Å². The van der Waals surface area contributed by atoms with Crippen molar-refractivity contribution in [3.8, 4) is 0 Å². The Balaban J connectivity index is 1.53. The average molecular weight is 360 g/mol. The van der Waals surface area contributed by atoms with E-state index < -0.39 is 0 Å². The van der Waals surface area contributed by atoms with Crippen LogP contribution in [0.15, 0.2) is 24.3 Å². The molecule has 0 radical (unpaired) electrons. The lowest BCUT2D eigenvalue weighted by atomic mass is 10.1. The number of ether oxygens (including phenoxy) is 1. The first-order valence-electron chi connectivity index (χ1n) is 10.1. The number of nitrogens with one attached hydrogen (secondary N) is 1. The predicted molar refractivity (Wildman–Crippen MR) is 102 cm³/mol. The molecule has 3 rings (SSSR count). The first-order valence-corrected chi connectivity index (χ1v) is 10.1. The minimum Gasteiger partial charge on any atom is -0.392 e. The molecule has 1 aliphatic carbocycles. The molecule has 2 fully saturated rings. The Hall–Kier alpha value is -1.43. The molecule has 1 heterocycles. The van der Waals surface area contributed by atoms with Crippen LogP contribution >= 0.6 is 0 Å². The standard InChI is InChI=1S/C21H32N2O3/c1-2-20(26-19-9-5-6-10-19)21(25)22-13-16-7-3-4-8-17(16)14-23-12-11-18(24)15-23/h3-4,7-8,18-20,24H,2,5-6,9-15H2,1H3,(H,22,25)/t18-,20-/m1/s1. The maximum atomic E-state index is 12.6. The number of hydrogen-bond acceptors (Lipinski definition) is 4. The fourth-order valence-corrected chi connectivity index (χ4v) is 3.98. The monoisotopic (exact) mass is 360 g/mol. The average Bonchev–Trinajstić information content (AvgIpc) is 3.30. The second-order valence-corrected chi connectivity index (χ2v) is 7.60. The number of nitrogens with zero attached hydrogens (tertiary/aromatic N) is 1. The summed E-state index contributed by atoms with van der Waals surface area (Å²) in [5, 5.41) is 12.8. The van der Waals surface area contributed by atoms with Crippen molar-refractivity contribution in [3.05, 3.63) is 35.4 Å². The molecule has 1 aromatic rings. The van der Waals surface area contributed by atoms with E-state index in [0.717, 1.165) is 44.5 Å². The highest BCUT2D eigenvalue weighted by molar-refractivity contribution is 5.80. The number of aliphatic hydroxyl groups excluding tert-OH is 1. The summed E-state index contributed by atoms with van der Waals surface area (Å²) >= 11 is 0. The Bertz CT molecular complexity index is 586. The van der Waals surface area contributed by atoms with Gasteiger partial charge in [0.05, 0.1) is 12.2 Å². The SMILES string of the molecule is CC[C@@H](OC1CCCC1)C(=O)NCc1ccccc1CN1CC[C@@H](O)C1. The molecule has 2 atom stereocenters. The van der Waals surface area contributed by atoms with Gasteiger partial charge in [0.15, 0.2) is 0 Å². The Labute approximate surface area is 156 Å². The molecule has 0 unspecified atom stereocenters. The van der Waals surface area contributed by atoms with E-state index in [1.807, 2.05) is 19.1 Å². The van der Waals surface area contributed by atoms with E-state index in [1.54, 1.807) is 0 Å². The molecule has 1 aromatic carbocycles. The molecular weight excluding hydrogens is 328 g/mol. The topological polar surface area (TPSA) is 61.8 Å². The molecule has 1 saturated heterocycles. The number of β-amino-alcohol motifs (C(OH)–C–C–N with tert-alkyl or cyclic N) is 1. The van der Waals surface area contributed by atoms with Gasteiger partial charge in [0, 0.05) is 26.2 Å². The second kappa shape index (κ2) is 9.49. The Morgan fingerprint density at radius 2 is 2.00 bits per heavy atom. The minimum absolute atomic E-state index is 0.00852. The maximum absolute atomic E-state index is 12.6. The second-order valence-electron chi connectivity index (χ2n) is 7.60. The zero-order chi connectivity index (χ0) is 18.4. The van der Waals surface area contributed by atoms with E-state index in [1.165, 1.54) is 18.4 Å². The normalized spacial score (nSPS) is 22.6. The number of hydrogen-bond donors (Lipinski definition) is 2. The van der Waals surface area contributed by atoms with Crippen LogP contribution in [-0.4, -0.2) is 47.3 Å². The largest absolute Gasteiger partial charge is 0.392 e. The summed E-state index contributed by atoms with van der Waals surface area (Å²) in [7, 11) is 0. The maximum Gasteiger partial charge on any atom is 0.249 e. The van der Waals surface area contributed by atoms with E-state index >= 15 is 0 Å². The van der Waals surface area contributed by atoms with E-state index in [9.17, 15) is 9.90 Å². The van der Waals surface area contributed by atoms with Crippen LogP contribution in [-0.2, 0) is 22.6 Å². The van der Waals surface area contributed by atoms with Gasteiger partial charge in [-0.25, -0.2) is 0 Å². The highest BCUT2D eigenvalue weighted by atomic mass is 16.5. The lowest BCUT2D eigenvalue weighted by molar-refractivity contribution is -0.136. The van der Waals surface area contributed by atoms with Crippen molar-refractivity contribution >= 4 is 5.91 Å². The molecular formula is C21H32N2O3. The van der Waals surface area contributed by atoms with E-state index in [4.69, 9.17) is 4.74 Å². The molecule has 5 heteroatoms. The molecule has 144 valence electrons. The van der Waals surface area contributed by atoms with Gasteiger partial charge in [-0.15, -0.1) is 0 Å². The third kappa shape index (κ3) is 5.29. The third-order valence-electron chi connectivity index (χ3n) is 5.54. The van der Waals surface area contributed by atoms with Crippen molar-refractivity contribution in [1.82, 2.24) is 10.2 Å². The zero-order valence-corrected chi connectivity index (χ0v) is 15.8. The molecule has 2 N–H and O–H groups in total. The number of rotatable bonds is 8. The van der Waals surface area contributed by atoms with Crippen molar-refractivity contribution in [2.45, 2.75) is 76.9 Å². The predicted octanol–water partition coefficient (Wildman–Crippen LogP) is 2.61. The quantitative estimate of drug-likeness (QED) is 0.748. The molecule has 26 heavy (non-hydrogen) atoms. The van der Waals surface area contributed by atoms with Crippen LogP contribution < -0.4 is 5.32 Å². The van der Waals surface area contributed by atoms with Crippen molar-refractivity contribution < 1.29 is 14.6 Å². The van der Waals surface area contributed by atoms with E-state index in [-0.39, 0.29) is 24.2 Å². The van der Waals surface area contributed by atoms with Crippen molar-refractivity contribution in [2.75, 3.05) is 13.1 Å². The van der Waals surface area contributed by atoms with Gasteiger partial charge in [-0.05, 0) is 36.8 Å². The zero-order valence-electron chi connectivity index (χ0n) is 15.8. The number of carbonyl (C=O) groups is 1. The van der Waals surface area contributed by atoms with Crippen LogP contribution in [0.2, 0.25) is 0 Å². The molecule has 1 amide bonds. The van der Waals surface area contributed by atoms with Gasteiger partial charge in [-0.2, -0.15) is 0 Å². The number of likely N-dealkylation sites (tertiary alicyclic amines) is 1. The van der Waals surface area contributed by atoms with Gasteiger partial charge in [-0.1, -0.05) is 44.0 Å². The Morgan fingerprint density at radius 1 is 1.27 bits per heavy atom. The molecule has 0 aromatic heterocycles. The molecule has 1 saturated carbocycles. The van der Waals surface area contributed by atoms with Crippen LogP contribution in [0.25, 0.3) is 0 Å². The number of carbonyl (C=O) groups excluding carboxylic acids is 1. The summed E-state index contributed by atoms with van der Waals surface area (Å²) in [6.45, 7) is 5.00. The molecule has 5 nitrogen and oxygen atoms in total. The Morgan fingerprint density at radius 3 is 2.65 bits per heavy atom. The van der Waals surface area contributed by atoms with Crippen LogP contribution in [0.5, 0.6) is 0 Å². The minimum atomic E-state index is -0.348. The van der Waals surface area contributed by atoms with Crippen molar-refractivity contribution in [2.24, 2.45) is 0 Å². The summed E-state index contributed by atoms with van der Waals surface area (Å²) in [4.78, 5) is 14.8. The fraction of sp³-hybridized carbons (Fsp3) is 0.667. The van der Waals surface area contributed by atoms with Crippen LogP contribution in [0, 0.1) is 0 Å². The number of aliphatic hydroxyl groups is 1. The van der Waals surface area contributed by atoms with Gasteiger partial charge in [-0.3, -0.25) is 9.69 Å². The van der Waals surface area contributed by atoms with Crippen molar-refractivity contribution in [3.63, 3.8) is 0 Å². The van der Waals surface area contributed by atoms with Gasteiger partial charge in [0.1, 0.15) is 6.10 Å². The Kier molecular flexibility index (Phi) is 7.06. The highest BCUT2D eigenvalue weighted by Gasteiger charge is 2.24. The number of amides is 1. The summed E-state index contributed by atoms with van der Waals surface area (Å²) in [5.41, 5.74) is 2.35. The highest BCUT2D eigenvalue weighted by Crippen LogP contribution is 2.23.